The summed E-state index contributed by atoms with van der Waals surface area (Å²) in [6, 6.07) is 17.8. The first-order valence-electron chi connectivity index (χ1n) is 9.57. The van der Waals surface area contributed by atoms with Crippen LogP contribution in [0.1, 0.15) is 42.6 Å². The molecule has 1 unspecified atom stereocenters. The van der Waals surface area contributed by atoms with Crippen LogP contribution in [0.5, 0.6) is 0 Å². The molecule has 2 aliphatic rings. The van der Waals surface area contributed by atoms with E-state index < -0.39 is 0 Å². The fraction of sp³-hybridized carbons (Fsp3) is 0.364. The van der Waals surface area contributed by atoms with Gasteiger partial charge in [0.05, 0.1) is 5.92 Å². The van der Waals surface area contributed by atoms with E-state index in [1.54, 1.807) is 12.1 Å². The maximum Gasteiger partial charge on any atom is 0.232 e. The second-order valence-corrected chi connectivity index (χ2v) is 7.71. The van der Waals surface area contributed by atoms with E-state index in [9.17, 15) is 4.39 Å². The Bertz CT molecular complexity index is 924. The number of benzene rings is 2. The third kappa shape index (κ3) is 2.86. The molecule has 2 bridgehead atoms. The molecule has 138 valence electrons. The van der Waals surface area contributed by atoms with Crippen molar-refractivity contribution < 1.29 is 8.91 Å². The van der Waals surface area contributed by atoms with Gasteiger partial charge in [-0.05, 0) is 49.9 Å². The minimum atomic E-state index is -0.199. The van der Waals surface area contributed by atoms with Crippen molar-refractivity contribution in [3.63, 3.8) is 0 Å². The van der Waals surface area contributed by atoms with E-state index in [0.29, 0.717) is 23.8 Å². The van der Waals surface area contributed by atoms with Crippen molar-refractivity contribution in [2.75, 3.05) is 7.05 Å². The normalized spacial score (nSPS) is 27.8. The van der Waals surface area contributed by atoms with Gasteiger partial charge in [0.2, 0.25) is 11.7 Å². The molecule has 27 heavy (non-hydrogen) atoms. The molecule has 0 saturated carbocycles. The standard InChI is InChI=1S/C22H22FN3O/c1-26-17-11-12-19(26)20(18(13-17)14-7-9-16(23)10-8-14)22-24-21(25-27-22)15-5-3-2-4-6-15/h2-10,17-20H,11-13H2,1H3/t17?,18-,19-,20+/m1/s1. The van der Waals surface area contributed by atoms with Crippen LogP contribution >= 0.6 is 0 Å². The lowest BCUT2D eigenvalue weighted by Crippen LogP contribution is -2.44. The molecule has 0 amide bonds. The van der Waals surface area contributed by atoms with E-state index in [0.717, 1.165) is 24.0 Å². The van der Waals surface area contributed by atoms with Crippen LogP contribution in [0.4, 0.5) is 4.39 Å². The van der Waals surface area contributed by atoms with E-state index in [1.807, 2.05) is 42.5 Å². The molecule has 0 N–H and O–H groups in total. The molecular formula is C22H22FN3O. The number of fused-ring (bicyclic) bond motifs is 2. The molecule has 2 saturated heterocycles. The van der Waals surface area contributed by atoms with E-state index >= 15 is 0 Å². The van der Waals surface area contributed by atoms with E-state index in [2.05, 4.69) is 17.1 Å². The fourth-order valence-corrected chi connectivity index (χ4v) is 4.93. The van der Waals surface area contributed by atoms with Crippen molar-refractivity contribution in [3.05, 3.63) is 71.9 Å². The van der Waals surface area contributed by atoms with E-state index in [4.69, 9.17) is 9.51 Å². The van der Waals surface area contributed by atoms with Gasteiger partial charge >= 0.3 is 0 Å². The van der Waals surface area contributed by atoms with Crippen LogP contribution in [0, 0.1) is 5.82 Å². The number of nitrogens with zero attached hydrogens (tertiary/aromatic N) is 3. The summed E-state index contributed by atoms with van der Waals surface area (Å²) >= 11 is 0. The smallest absolute Gasteiger partial charge is 0.232 e. The predicted octanol–water partition coefficient (Wildman–Crippen LogP) is 4.61. The molecule has 5 heteroatoms. The highest BCUT2D eigenvalue weighted by Crippen LogP contribution is 2.50. The molecule has 5 rings (SSSR count). The Kier molecular flexibility index (Phi) is 4.05. The summed E-state index contributed by atoms with van der Waals surface area (Å²) in [5.74, 6) is 1.52. The van der Waals surface area contributed by atoms with Crippen LogP contribution in [0.25, 0.3) is 11.4 Å². The summed E-state index contributed by atoms with van der Waals surface area (Å²) in [6.45, 7) is 0. The topological polar surface area (TPSA) is 42.2 Å². The fourth-order valence-electron chi connectivity index (χ4n) is 4.93. The average Bonchev–Trinajstić information content (AvgIpc) is 3.26. The second kappa shape index (κ2) is 6.57. The van der Waals surface area contributed by atoms with Crippen LogP contribution in [-0.4, -0.2) is 34.2 Å². The van der Waals surface area contributed by atoms with Gasteiger partial charge in [-0.3, -0.25) is 4.90 Å². The molecule has 1 aromatic heterocycles. The third-order valence-electron chi connectivity index (χ3n) is 6.33. The second-order valence-electron chi connectivity index (χ2n) is 7.71. The Morgan fingerprint density at radius 2 is 1.81 bits per heavy atom. The quantitative estimate of drug-likeness (QED) is 0.681. The van der Waals surface area contributed by atoms with Gasteiger partial charge in [0, 0.05) is 17.6 Å². The number of likely N-dealkylation sites (N-methyl/N-ethyl adjacent to an activating group) is 1. The molecule has 2 aliphatic heterocycles. The summed E-state index contributed by atoms with van der Waals surface area (Å²) in [4.78, 5) is 7.24. The lowest BCUT2D eigenvalue weighted by molar-refractivity contribution is 0.120. The maximum atomic E-state index is 13.4. The maximum absolute atomic E-state index is 13.4. The summed E-state index contributed by atoms with van der Waals surface area (Å²) in [7, 11) is 2.20. The number of aromatic nitrogens is 2. The van der Waals surface area contributed by atoms with Gasteiger partial charge in [-0.2, -0.15) is 4.98 Å². The zero-order chi connectivity index (χ0) is 18.4. The van der Waals surface area contributed by atoms with Crippen molar-refractivity contribution in [3.8, 4) is 11.4 Å². The van der Waals surface area contributed by atoms with Crippen LogP contribution in [-0.2, 0) is 0 Å². The minimum absolute atomic E-state index is 0.129. The van der Waals surface area contributed by atoms with E-state index in [-0.39, 0.29) is 17.7 Å². The van der Waals surface area contributed by atoms with Crippen molar-refractivity contribution in [2.24, 2.45) is 0 Å². The Hall–Kier alpha value is -2.53. The molecule has 0 spiro atoms. The monoisotopic (exact) mass is 363 g/mol. The summed E-state index contributed by atoms with van der Waals surface area (Å²) in [6.07, 6.45) is 3.36. The highest BCUT2D eigenvalue weighted by atomic mass is 19.1. The lowest BCUT2D eigenvalue weighted by atomic mass is 9.76. The average molecular weight is 363 g/mol. The SMILES string of the molecule is CN1C2CC[C@@H]1[C@@H](c1nc(-c3ccccc3)no1)[C@@H](c1ccc(F)cc1)C2. The molecule has 4 atom stereocenters. The van der Waals surface area contributed by atoms with Gasteiger partial charge in [-0.25, -0.2) is 4.39 Å². The van der Waals surface area contributed by atoms with Gasteiger partial charge in [0.15, 0.2) is 0 Å². The van der Waals surface area contributed by atoms with Crippen molar-refractivity contribution in [2.45, 2.75) is 43.2 Å². The van der Waals surface area contributed by atoms with Crippen molar-refractivity contribution in [1.82, 2.24) is 15.0 Å². The summed E-state index contributed by atoms with van der Waals surface area (Å²) in [5, 5.41) is 4.25. The molecule has 0 aliphatic carbocycles. The van der Waals surface area contributed by atoms with Crippen LogP contribution in [0.15, 0.2) is 59.1 Å². The van der Waals surface area contributed by atoms with Gasteiger partial charge in [-0.15, -0.1) is 0 Å². The predicted molar refractivity (Wildman–Crippen MR) is 101 cm³/mol. The first kappa shape index (κ1) is 16.6. The first-order chi connectivity index (χ1) is 13.2. The van der Waals surface area contributed by atoms with Gasteiger partial charge in [0.1, 0.15) is 5.82 Å². The first-order valence-corrected chi connectivity index (χ1v) is 9.57. The molecule has 0 radical (unpaired) electrons. The Balaban J connectivity index is 1.54. The van der Waals surface area contributed by atoms with Crippen molar-refractivity contribution in [1.29, 1.82) is 0 Å². The Morgan fingerprint density at radius 1 is 1.04 bits per heavy atom. The van der Waals surface area contributed by atoms with Crippen LogP contribution < -0.4 is 0 Å². The largest absolute Gasteiger partial charge is 0.339 e. The molecule has 3 heterocycles. The molecular weight excluding hydrogens is 341 g/mol. The highest BCUT2D eigenvalue weighted by Gasteiger charge is 2.48. The summed E-state index contributed by atoms with van der Waals surface area (Å²) in [5.41, 5.74) is 2.12. The Labute approximate surface area is 158 Å². The van der Waals surface area contributed by atoms with Crippen molar-refractivity contribution >= 4 is 0 Å². The van der Waals surface area contributed by atoms with E-state index in [1.165, 1.54) is 6.42 Å². The minimum Gasteiger partial charge on any atom is -0.339 e. The van der Waals surface area contributed by atoms with Gasteiger partial charge < -0.3 is 4.52 Å². The lowest BCUT2D eigenvalue weighted by Gasteiger charge is -2.41. The molecule has 2 aromatic carbocycles. The molecule has 2 fully saturated rings. The zero-order valence-electron chi connectivity index (χ0n) is 15.3. The third-order valence-corrected chi connectivity index (χ3v) is 6.33. The highest BCUT2D eigenvalue weighted by molar-refractivity contribution is 5.53. The van der Waals surface area contributed by atoms with Crippen LogP contribution in [0.3, 0.4) is 0 Å². The number of hydrogen-bond donors (Lipinski definition) is 0. The number of rotatable bonds is 3. The molecule has 3 aromatic rings. The molecule has 4 nitrogen and oxygen atoms in total. The number of piperidine rings is 1. The van der Waals surface area contributed by atoms with Crippen LogP contribution in [0.2, 0.25) is 0 Å². The van der Waals surface area contributed by atoms with Gasteiger partial charge in [-0.1, -0.05) is 47.6 Å². The number of halogens is 1. The summed E-state index contributed by atoms with van der Waals surface area (Å²) < 4.78 is 19.2. The Morgan fingerprint density at radius 3 is 2.59 bits per heavy atom. The zero-order valence-corrected chi connectivity index (χ0v) is 15.3. The number of hydrogen-bond acceptors (Lipinski definition) is 4. The van der Waals surface area contributed by atoms with Gasteiger partial charge in [0.25, 0.3) is 0 Å².